The molecule has 1 atom stereocenters. The molecule has 1 amide bonds. The van der Waals surface area contributed by atoms with Crippen LogP contribution in [0.1, 0.15) is 19.8 Å². The summed E-state index contributed by atoms with van der Waals surface area (Å²) in [5, 5.41) is 0.991. The van der Waals surface area contributed by atoms with Crippen LogP contribution < -0.4 is 4.90 Å². The van der Waals surface area contributed by atoms with Gasteiger partial charge in [-0.15, -0.1) is 0 Å². The normalized spacial score (nSPS) is 16.3. The van der Waals surface area contributed by atoms with E-state index in [1.807, 2.05) is 25.1 Å². The van der Waals surface area contributed by atoms with Crippen molar-refractivity contribution in [1.29, 1.82) is 0 Å². The molecule has 0 heterocycles. The Labute approximate surface area is 130 Å². The number of halogens is 2. The SMILES string of the molecule is CC(CN(C(=O)C1CC1)c1ccc(Cl)c(Cl)c1)N(C)C. The summed E-state index contributed by atoms with van der Waals surface area (Å²) in [6.07, 6.45) is 1.99. The first kappa shape index (κ1) is 15.6. The summed E-state index contributed by atoms with van der Waals surface area (Å²) in [5.74, 6) is 0.371. The fraction of sp³-hybridized carbons (Fsp3) is 0.533. The fourth-order valence-corrected chi connectivity index (χ4v) is 2.25. The number of hydrogen-bond acceptors (Lipinski definition) is 2. The lowest BCUT2D eigenvalue weighted by molar-refractivity contribution is -0.119. The highest BCUT2D eigenvalue weighted by Crippen LogP contribution is 2.34. The smallest absolute Gasteiger partial charge is 0.230 e. The van der Waals surface area contributed by atoms with Crippen molar-refractivity contribution in [3.63, 3.8) is 0 Å². The summed E-state index contributed by atoms with van der Waals surface area (Å²) in [5.41, 5.74) is 0.824. The molecule has 5 heteroatoms. The van der Waals surface area contributed by atoms with Crippen molar-refractivity contribution in [2.75, 3.05) is 25.5 Å². The van der Waals surface area contributed by atoms with Crippen molar-refractivity contribution in [2.24, 2.45) is 5.92 Å². The van der Waals surface area contributed by atoms with Crippen LogP contribution in [-0.2, 0) is 4.79 Å². The Morgan fingerprint density at radius 1 is 1.30 bits per heavy atom. The van der Waals surface area contributed by atoms with E-state index in [2.05, 4.69) is 11.8 Å². The number of rotatable bonds is 5. The van der Waals surface area contributed by atoms with Crippen LogP contribution >= 0.6 is 23.2 Å². The van der Waals surface area contributed by atoms with Gasteiger partial charge in [0.1, 0.15) is 0 Å². The highest BCUT2D eigenvalue weighted by atomic mass is 35.5. The number of amides is 1. The zero-order chi connectivity index (χ0) is 14.9. The second kappa shape index (κ2) is 6.33. The highest BCUT2D eigenvalue weighted by molar-refractivity contribution is 6.42. The van der Waals surface area contributed by atoms with Gasteiger partial charge in [-0.05, 0) is 52.1 Å². The standard InChI is InChI=1S/C15H20Cl2N2O/c1-10(18(2)3)9-19(15(20)11-4-5-11)12-6-7-13(16)14(17)8-12/h6-8,10-11H,4-5,9H2,1-3H3. The quantitative estimate of drug-likeness (QED) is 0.827. The molecule has 0 N–H and O–H groups in total. The van der Waals surface area contributed by atoms with Crippen LogP contribution in [0.15, 0.2) is 18.2 Å². The lowest BCUT2D eigenvalue weighted by Crippen LogP contribution is -2.42. The van der Waals surface area contributed by atoms with E-state index in [1.54, 1.807) is 12.1 Å². The lowest BCUT2D eigenvalue weighted by atomic mass is 10.2. The summed E-state index contributed by atoms with van der Waals surface area (Å²) >= 11 is 12.0. The Morgan fingerprint density at radius 2 is 1.95 bits per heavy atom. The second-order valence-electron chi connectivity index (χ2n) is 5.63. The molecule has 0 bridgehead atoms. The van der Waals surface area contributed by atoms with Gasteiger partial charge < -0.3 is 9.80 Å². The van der Waals surface area contributed by atoms with Gasteiger partial charge in [0.25, 0.3) is 0 Å². The first-order valence-electron chi connectivity index (χ1n) is 6.83. The third kappa shape index (κ3) is 3.66. The molecule has 0 saturated heterocycles. The summed E-state index contributed by atoms with van der Waals surface area (Å²) < 4.78 is 0. The molecule has 1 fully saturated rings. The van der Waals surface area contributed by atoms with Crippen LogP contribution in [0.25, 0.3) is 0 Å². The van der Waals surface area contributed by atoms with Gasteiger partial charge >= 0.3 is 0 Å². The summed E-state index contributed by atoms with van der Waals surface area (Å²) in [6.45, 7) is 2.75. The van der Waals surface area contributed by atoms with Crippen LogP contribution in [0.3, 0.4) is 0 Å². The molecule has 1 aromatic rings. The molecule has 1 saturated carbocycles. The van der Waals surface area contributed by atoms with E-state index >= 15 is 0 Å². The minimum atomic E-state index is 0.179. The molecule has 1 aromatic carbocycles. The maximum atomic E-state index is 12.5. The number of hydrogen-bond donors (Lipinski definition) is 0. The molecule has 3 nitrogen and oxygen atoms in total. The summed E-state index contributed by atoms with van der Waals surface area (Å²) in [6, 6.07) is 5.64. The Hall–Kier alpha value is -0.770. The van der Waals surface area contributed by atoms with Gasteiger partial charge in [-0.25, -0.2) is 0 Å². The molecular formula is C15H20Cl2N2O. The predicted molar refractivity (Wildman–Crippen MR) is 84.7 cm³/mol. The molecule has 0 aliphatic heterocycles. The van der Waals surface area contributed by atoms with Gasteiger partial charge in [0.2, 0.25) is 5.91 Å². The first-order valence-corrected chi connectivity index (χ1v) is 7.58. The number of likely N-dealkylation sites (N-methyl/N-ethyl adjacent to an activating group) is 1. The zero-order valence-electron chi connectivity index (χ0n) is 12.1. The highest BCUT2D eigenvalue weighted by Gasteiger charge is 2.34. The molecule has 0 aromatic heterocycles. The van der Waals surface area contributed by atoms with Crippen molar-refractivity contribution in [3.05, 3.63) is 28.2 Å². The van der Waals surface area contributed by atoms with E-state index in [0.717, 1.165) is 18.5 Å². The third-order valence-corrected chi connectivity index (χ3v) is 4.47. The predicted octanol–water partition coefficient (Wildman–Crippen LogP) is 3.69. The van der Waals surface area contributed by atoms with Gasteiger partial charge in [0.05, 0.1) is 10.0 Å². The molecule has 110 valence electrons. The molecular weight excluding hydrogens is 295 g/mol. The molecule has 1 aliphatic rings. The zero-order valence-corrected chi connectivity index (χ0v) is 13.6. The van der Waals surface area contributed by atoms with Crippen molar-refractivity contribution >= 4 is 34.8 Å². The average molecular weight is 315 g/mol. The van der Waals surface area contributed by atoms with Crippen LogP contribution in [0.4, 0.5) is 5.69 Å². The number of carbonyl (C=O) groups excluding carboxylic acids is 1. The first-order chi connectivity index (χ1) is 9.40. The molecule has 2 rings (SSSR count). The molecule has 0 spiro atoms. The van der Waals surface area contributed by atoms with E-state index in [9.17, 15) is 4.79 Å². The summed E-state index contributed by atoms with van der Waals surface area (Å²) in [7, 11) is 4.03. The van der Waals surface area contributed by atoms with Crippen molar-refractivity contribution < 1.29 is 4.79 Å². The van der Waals surface area contributed by atoms with E-state index in [0.29, 0.717) is 16.6 Å². The van der Waals surface area contributed by atoms with Crippen molar-refractivity contribution in [2.45, 2.75) is 25.8 Å². The molecule has 20 heavy (non-hydrogen) atoms. The molecule has 1 aliphatic carbocycles. The number of benzene rings is 1. The Bertz CT molecular complexity index is 501. The van der Waals surface area contributed by atoms with Gasteiger partial charge in [-0.2, -0.15) is 0 Å². The van der Waals surface area contributed by atoms with E-state index in [-0.39, 0.29) is 17.9 Å². The summed E-state index contributed by atoms with van der Waals surface area (Å²) in [4.78, 5) is 16.4. The van der Waals surface area contributed by atoms with Gasteiger partial charge in [-0.3, -0.25) is 4.79 Å². The van der Waals surface area contributed by atoms with Crippen LogP contribution in [-0.4, -0.2) is 37.5 Å². The topological polar surface area (TPSA) is 23.6 Å². The minimum Gasteiger partial charge on any atom is -0.311 e. The Kier molecular flexibility index (Phi) is 4.95. The maximum Gasteiger partial charge on any atom is 0.230 e. The average Bonchev–Trinajstić information content (AvgIpc) is 3.22. The fourth-order valence-electron chi connectivity index (χ4n) is 1.95. The largest absolute Gasteiger partial charge is 0.311 e. The van der Waals surface area contributed by atoms with Gasteiger partial charge in [0.15, 0.2) is 0 Å². The van der Waals surface area contributed by atoms with E-state index in [1.165, 1.54) is 0 Å². The van der Waals surface area contributed by atoms with Gasteiger partial charge in [0, 0.05) is 24.2 Å². The number of nitrogens with zero attached hydrogens (tertiary/aromatic N) is 2. The van der Waals surface area contributed by atoms with Gasteiger partial charge in [-0.1, -0.05) is 23.2 Å². The van der Waals surface area contributed by atoms with Crippen LogP contribution in [0.5, 0.6) is 0 Å². The maximum absolute atomic E-state index is 12.5. The van der Waals surface area contributed by atoms with Crippen molar-refractivity contribution in [1.82, 2.24) is 4.90 Å². The second-order valence-corrected chi connectivity index (χ2v) is 6.45. The minimum absolute atomic E-state index is 0.179. The van der Waals surface area contributed by atoms with Crippen LogP contribution in [0.2, 0.25) is 10.0 Å². The molecule has 1 unspecified atom stereocenters. The lowest BCUT2D eigenvalue weighted by Gasteiger charge is -2.29. The van der Waals surface area contributed by atoms with E-state index < -0.39 is 0 Å². The number of anilines is 1. The Morgan fingerprint density at radius 3 is 2.45 bits per heavy atom. The monoisotopic (exact) mass is 314 g/mol. The van der Waals surface area contributed by atoms with E-state index in [4.69, 9.17) is 23.2 Å². The number of carbonyl (C=O) groups is 1. The van der Waals surface area contributed by atoms with Crippen molar-refractivity contribution in [3.8, 4) is 0 Å². The third-order valence-electron chi connectivity index (χ3n) is 3.74. The Balaban J connectivity index is 2.24. The van der Waals surface area contributed by atoms with Crippen LogP contribution in [0, 0.1) is 5.92 Å². The molecule has 0 radical (unpaired) electrons.